The number of fused-ring (bicyclic) bond motifs is 1. The SMILES string of the molecule is CC1CN(C)Cc2ncccc21. The van der Waals surface area contributed by atoms with Crippen LogP contribution in [0.2, 0.25) is 0 Å². The molecule has 0 bridgehead atoms. The van der Waals surface area contributed by atoms with E-state index < -0.39 is 0 Å². The molecule has 1 atom stereocenters. The lowest BCUT2D eigenvalue weighted by Gasteiger charge is -2.28. The maximum Gasteiger partial charge on any atom is 0.0578 e. The molecule has 0 saturated heterocycles. The predicted octanol–water partition coefficient (Wildman–Crippen LogP) is 1.63. The van der Waals surface area contributed by atoms with Gasteiger partial charge in [0.05, 0.1) is 5.69 Å². The van der Waals surface area contributed by atoms with Crippen LogP contribution in [-0.2, 0) is 6.54 Å². The second-order valence-corrected chi connectivity index (χ2v) is 3.64. The molecule has 0 fully saturated rings. The van der Waals surface area contributed by atoms with Crippen molar-refractivity contribution in [3.63, 3.8) is 0 Å². The Morgan fingerprint density at radius 3 is 3.25 bits per heavy atom. The van der Waals surface area contributed by atoms with Gasteiger partial charge in [-0.3, -0.25) is 9.88 Å². The third kappa shape index (κ3) is 1.23. The summed E-state index contributed by atoms with van der Waals surface area (Å²) in [6.45, 7) is 4.41. The zero-order valence-corrected chi connectivity index (χ0v) is 7.62. The summed E-state index contributed by atoms with van der Waals surface area (Å²) in [5, 5.41) is 0. The van der Waals surface area contributed by atoms with Gasteiger partial charge in [-0.15, -0.1) is 0 Å². The van der Waals surface area contributed by atoms with E-state index in [0.717, 1.165) is 13.1 Å². The van der Waals surface area contributed by atoms with Crippen LogP contribution in [0.25, 0.3) is 0 Å². The monoisotopic (exact) mass is 162 g/mol. The minimum absolute atomic E-state index is 0.632. The molecule has 2 heterocycles. The van der Waals surface area contributed by atoms with Gasteiger partial charge in [0.25, 0.3) is 0 Å². The van der Waals surface area contributed by atoms with Gasteiger partial charge in [-0.1, -0.05) is 13.0 Å². The van der Waals surface area contributed by atoms with Crippen molar-refractivity contribution in [2.75, 3.05) is 13.6 Å². The largest absolute Gasteiger partial charge is 0.300 e. The molecule has 0 radical (unpaired) electrons. The van der Waals surface area contributed by atoms with Crippen LogP contribution < -0.4 is 0 Å². The molecular weight excluding hydrogens is 148 g/mol. The highest BCUT2D eigenvalue weighted by Crippen LogP contribution is 2.24. The fourth-order valence-electron chi connectivity index (χ4n) is 1.92. The van der Waals surface area contributed by atoms with Crippen LogP contribution in [0.3, 0.4) is 0 Å². The topological polar surface area (TPSA) is 16.1 Å². The zero-order chi connectivity index (χ0) is 8.55. The Kier molecular flexibility index (Phi) is 1.85. The highest BCUT2D eigenvalue weighted by molar-refractivity contribution is 5.26. The molecule has 2 rings (SSSR count). The van der Waals surface area contributed by atoms with Gasteiger partial charge in [0, 0.05) is 19.3 Å². The first-order chi connectivity index (χ1) is 5.77. The third-order valence-electron chi connectivity index (χ3n) is 2.46. The van der Waals surface area contributed by atoms with E-state index in [4.69, 9.17) is 0 Å². The predicted molar refractivity (Wildman–Crippen MR) is 49.0 cm³/mol. The van der Waals surface area contributed by atoms with Crippen LogP contribution in [-0.4, -0.2) is 23.5 Å². The molecule has 1 aromatic rings. The lowest BCUT2D eigenvalue weighted by Crippen LogP contribution is -2.29. The fourth-order valence-corrected chi connectivity index (χ4v) is 1.92. The summed E-state index contributed by atoms with van der Waals surface area (Å²) in [6.07, 6.45) is 1.88. The molecule has 0 aromatic carbocycles. The summed E-state index contributed by atoms with van der Waals surface area (Å²) in [4.78, 5) is 6.70. The minimum Gasteiger partial charge on any atom is -0.300 e. The summed E-state index contributed by atoms with van der Waals surface area (Å²) in [5.41, 5.74) is 2.68. The molecule has 1 unspecified atom stereocenters. The number of nitrogens with zero attached hydrogens (tertiary/aromatic N) is 2. The quantitative estimate of drug-likeness (QED) is 0.576. The van der Waals surface area contributed by atoms with E-state index >= 15 is 0 Å². The number of rotatable bonds is 0. The third-order valence-corrected chi connectivity index (χ3v) is 2.46. The average molecular weight is 162 g/mol. The molecule has 1 aliphatic heterocycles. The van der Waals surface area contributed by atoms with Gasteiger partial charge in [-0.25, -0.2) is 0 Å². The van der Waals surface area contributed by atoms with E-state index in [1.807, 2.05) is 12.3 Å². The highest BCUT2D eigenvalue weighted by Gasteiger charge is 2.19. The van der Waals surface area contributed by atoms with Crippen LogP contribution >= 0.6 is 0 Å². The lowest BCUT2D eigenvalue weighted by molar-refractivity contribution is 0.283. The number of likely N-dealkylation sites (N-methyl/N-ethyl adjacent to an activating group) is 1. The van der Waals surface area contributed by atoms with E-state index in [-0.39, 0.29) is 0 Å². The normalized spacial score (nSPS) is 23.7. The van der Waals surface area contributed by atoms with E-state index in [2.05, 4.69) is 29.9 Å². The van der Waals surface area contributed by atoms with Gasteiger partial charge >= 0.3 is 0 Å². The van der Waals surface area contributed by atoms with E-state index in [0.29, 0.717) is 5.92 Å². The molecular formula is C10H14N2. The van der Waals surface area contributed by atoms with Crippen molar-refractivity contribution in [3.05, 3.63) is 29.6 Å². The van der Waals surface area contributed by atoms with Gasteiger partial charge in [0.1, 0.15) is 0 Å². The number of pyridine rings is 1. The van der Waals surface area contributed by atoms with Crippen molar-refractivity contribution >= 4 is 0 Å². The van der Waals surface area contributed by atoms with Crippen LogP contribution in [0.4, 0.5) is 0 Å². The van der Waals surface area contributed by atoms with Crippen molar-refractivity contribution < 1.29 is 0 Å². The van der Waals surface area contributed by atoms with E-state index in [1.54, 1.807) is 0 Å². The molecule has 0 aliphatic carbocycles. The van der Waals surface area contributed by atoms with Gasteiger partial charge < -0.3 is 0 Å². The first-order valence-corrected chi connectivity index (χ1v) is 4.39. The summed E-state index contributed by atoms with van der Waals surface area (Å²) >= 11 is 0. The lowest BCUT2D eigenvalue weighted by atomic mass is 9.95. The molecule has 1 aliphatic rings. The second-order valence-electron chi connectivity index (χ2n) is 3.64. The van der Waals surface area contributed by atoms with Gasteiger partial charge in [-0.05, 0) is 24.6 Å². The molecule has 2 nitrogen and oxygen atoms in total. The molecule has 2 heteroatoms. The van der Waals surface area contributed by atoms with Gasteiger partial charge in [-0.2, -0.15) is 0 Å². The number of aromatic nitrogens is 1. The van der Waals surface area contributed by atoms with E-state index in [9.17, 15) is 0 Å². The Morgan fingerprint density at radius 1 is 1.58 bits per heavy atom. The summed E-state index contributed by atoms with van der Waals surface area (Å²) < 4.78 is 0. The summed E-state index contributed by atoms with van der Waals surface area (Å²) in [6, 6.07) is 4.22. The standard InChI is InChI=1S/C10H14N2/c1-8-6-12(2)7-10-9(8)4-3-5-11-10/h3-5,8H,6-7H2,1-2H3. The van der Waals surface area contributed by atoms with Gasteiger partial charge in [0.2, 0.25) is 0 Å². The molecule has 0 spiro atoms. The smallest absolute Gasteiger partial charge is 0.0578 e. The first kappa shape index (κ1) is 7.74. The van der Waals surface area contributed by atoms with Crippen LogP contribution in [0.5, 0.6) is 0 Å². The molecule has 0 amide bonds. The molecule has 12 heavy (non-hydrogen) atoms. The second kappa shape index (κ2) is 2.87. The van der Waals surface area contributed by atoms with E-state index in [1.165, 1.54) is 11.3 Å². The molecule has 1 aromatic heterocycles. The molecule has 64 valence electrons. The highest BCUT2D eigenvalue weighted by atomic mass is 15.1. The van der Waals surface area contributed by atoms with Crippen molar-refractivity contribution in [3.8, 4) is 0 Å². The number of hydrogen-bond donors (Lipinski definition) is 0. The Labute approximate surface area is 73.2 Å². The van der Waals surface area contributed by atoms with Crippen molar-refractivity contribution in [2.24, 2.45) is 0 Å². The van der Waals surface area contributed by atoms with Crippen molar-refractivity contribution in [2.45, 2.75) is 19.4 Å². The van der Waals surface area contributed by atoms with Gasteiger partial charge in [0.15, 0.2) is 0 Å². The van der Waals surface area contributed by atoms with Crippen LogP contribution in [0, 0.1) is 0 Å². The maximum atomic E-state index is 4.38. The van der Waals surface area contributed by atoms with Crippen molar-refractivity contribution in [1.82, 2.24) is 9.88 Å². The first-order valence-electron chi connectivity index (χ1n) is 4.39. The fraction of sp³-hybridized carbons (Fsp3) is 0.500. The molecule has 0 N–H and O–H groups in total. The Morgan fingerprint density at radius 2 is 2.42 bits per heavy atom. The summed E-state index contributed by atoms with van der Waals surface area (Å²) in [5.74, 6) is 0.632. The zero-order valence-electron chi connectivity index (χ0n) is 7.62. The summed E-state index contributed by atoms with van der Waals surface area (Å²) in [7, 11) is 2.15. The van der Waals surface area contributed by atoms with Crippen molar-refractivity contribution in [1.29, 1.82) is 0 Å². The Bertz CT molecular complexity index is 283. The maximum absolute atomic E-state index is 4.38. The Hall–Kier alpha value is -0.890. The van der Waals surface area contributed by atoms with Crippen LogP contribution in [0.15, 0.2) is 18.3 Å². The van der Waals surface area contributed by atoms with Crippen LogP contribution in [0.1, 0.15) is 24.1 Å². The average Bonchev–Trinajstić information content (AvgIpc) is 2.04. The Balaban J connectivity index is 2.40. The minimum atomic E-state index is 0.632. The number of hydrogen-bond acceptors (Lipinski definition) is 2. The molecule has 0 saturated carbocycles.